The summed E-state index contributed by atoms with van der Waals surface area (Å²) in [6.07, 6.45) is 0. The molecule has 0 radical (unpaired) electrons. The first kappa shape index (κ1) is 16.5. The Bertz CT molecular complexity index is 815. The number of thioether (sulfide) groups is 1. The van der Waals surface area contributed by atoms with Crippen LogP contribution in [0.1, 0.15) is 18.5 Å². The number of amides is 1. The molecule has 0 aliphatic rings. The molecule has 1 heterocycles. The number of hydrogen-bond donors (Lipinski definition) is 0. The van der Waals surface area contributed by atoms with Crippen LogP contribution >= 0.6 is 11.8 Å². The SMILES string of the molecule is C[C@H](c1ccc(F)cc1)N(C)C(=O)CSc1nc2ccccc2o1. The number of halogens is 1. The van der Waals surface area contributed by atoms with Gasteiger partial charge in [-0.15, -0.1) is 0 Å². The largest absolute Gasteiger partial charge is 0.431 e. The lowest BCUT2D eigenvalue weighted by Crippen LogP contribution is -2.31. The zero-order valence-electron chi connectivity index (χ0n) is 13.4. The van der Waals surface area contributed by atoms with E-state index in [1.165, 1.54) is 23.9 Å². The van der Waals surface area contributed by atoms with E-state index in [-0.39, 0.29) is 23.5 Å². The highest BCUT2D eigenvalue weighted by atomic mass is 32.2. The van der Waals surface area contributed by atoms with E-state index in [1.54, 1.807) is 24.1 Å². The molecule has 1 atom stereocenters. The van der Waals surface area contributed by atoms with Gasteiger partial charge < -0.3 is 9.32 Å². The third-order valence-electron chi connectivity index (χ3n) is 3.92. The Balaban J connectivity index is 1.62. The second-order valence-electron chi connectivity index (χ2n) is 5.47. The summed E-state index contributed by atoms with van der Waals surface area (Å²) in [6, 6.07) is 13.5. The van der Waals surface area contributed by atoms with Crippen LogP contribution in [-0.2, 0) is 4.79 Å². The first-order valence-corrected chi connectivity index (χ1v) is 8.52. The molecule has 0 bridgehead atoms. The molecule has 0 N–H and O–H groups in total. The molecule has 0 saturated carbocycles. The van der Waals surface area contributed by atoms with Crippen molar-refractivity contribution in [1.82, 2.24) is 9.88 Å². The maximum absolute atomic E-state index is 13.0. The minimum absolute atomic E-state index is 0.0425. The number of carbonyl (C=O) groups is 1. The van der Waals surface area contributed by atoms with Crippen LogP contribution in [0.15, 0.2) is 58.2 Å². The van der Waals surface area contributed by atoms with Crippen molar-refractivity contribution in [2.45, 2.75) is 18.2 Å². The van der Waals surface area contributed by atoms with Crippen molar-refractivity contribution in [2.24, 2.45) is 0 Å². The molecular formula is C18H17FN2O2S. The number of rotatable bonds is 5. The minimum Gasteiger partial charge on any atom is -0.431 e. The average Bonchev–Trinajstić information content (AvgIpc) is 3.02. The van der Waals surface area contributed by atoms with Crippen molar-refractivity contribution in [2.75, 3.05) is 12.8 Å². The van der Waals surface area contributed by atoms with Crippen molar-refractivity contribution < 1.29 is 13.6 Å². The monoisotopic (exact) mass is 344 g/mol. The molecule has 0 saturated heterocycles. The Morgan fingerprint density at radius 2 is 1.96 bits per heavy atom. The lowest BCUT2D eigenvalue weighted by Gasteiger charge is -2.25. The number of para-hydroxylation sites is 2. The zero-order chi connectivity index (χ0) is 17.1. The zero-order valence-corrected chi connectivity index (χ0v) is 14.2. The second kappa shape index (κ2) is 7.05. The topological polar surface area (TPSA) is 46.3 Å². The van der Waals surface area contributed by atoms with Crippen LogP contribution in [0.2, 0.25) is 0 Å². The predicted molar refractivity (Wildman–Crippen MR) is 92.3 cm³/mol. The van der Waals surface area contributed by atoms with Crippen LogP contribution in [0, 0.1) is 5.82 Å². The summed E-state index contributed by atoms with van der Waals surface area (Å²) in [5.74, 6) is -0.0972. The summed E-state index contributed by atoms with van der Waals surface area (Å²) in [7, 11) is 1.74. The molecular weight excluding hydrogens is 327 g/mol. The summed E-state index contributed by atoms with van der Waals surface area (Å²) in [5, 5.41) is 0.479. The van der Waals surface area contributed by atoms with E-state index < -0.39 is 0 Å². The first-order chi connectivity index (χ1) is 11.5. The number of carbonyl (C=O) groups excluding carboxylic acids is 1. The van der Waals surface area contributed by atoms with Gasteiger partial charge in [0.05, 0.1) is 11.8 Å². The van der Waals surface area contributed by atoms with Gasteiger partial charge in [0.1, 0.15) is 11.3 Å². The number of aromatic nitrogens is 1. The van der Waals surface area contributed by atoms with Gasteiger partial charge in [0.15, 0.2) is 5.58 Å². The van der Waals surface area contributed by atoms with Crippen LogP contribution in [0.5, 0.6) is 0 Å². The molecule has 124 valence electrons. The normalized spacial score (nSPS) is 12.3. The van der Waals surface area contributed by atoms with E-state index in [1.807, 2.05) is 31.2 Å². The van der Waals surface area contributed by atoms with Crippen molar-refractivity contribution in [1.29, 1.82) is 0 Å². The lowest BCUT2D eigenvalue weighted by atomic mass is 10.1. The number of oxazole rings is 1. The van der Waals surface area contributed by atoms with E-state index in [9.17, 15) is 9.18 Å². The molecule has 0 fully saturated rings. The van der Waals surface area contributed by atoms with Gasteiger partial charge >= 0.3 is 0 Å². The van der Waals surface area contributed by atoms with Crippen molar-refractivity contribution in [3.63, 3.8) is 0 Å². The molecule has 3 aromatic rings. The molecule has 4 nitrogen and oxygen atoms in total. The fourth-order valence-corrected chi connectivity index (χ4v) is 3.08. The van der Waals surface area contributed by atoms with E-state index in [0.29, 0.717) is 10.8 Å². The second-order valence-corrected chi connectivity index (χ2v) is 6.39. The summed E-state index contributed by atoms with van der Waals surface area (Å²) in [6.45, 7) is 1.91. The molecule has 0 spiro atoms. The van der Waals surface area contributed by atoms with E-state index in [4.69, 9.17) is 4.42 Å². The summed E-state index contributed by atoms with van der Waals surface area (Å²) >= 11 is 1.27. The maximum atomic E-state index is 13.0. The highest BCUT2D eigenvalue weighted by Crippen LogP contribution is 2.25. The van der Waals surface area contributed by atoms with Gasteiger partial charge in [-0.05, 0) is 36.8 Å². The number of fused-ring (bicyclic) bond motifs is 1. The van der Waals surface area contributed by atoms with Crippen LogP contribution in [0.3, 0.4) is 0 Å². The molecule has 6 heteroatoms. The number of hydrogen-bond acceptors (Lipinski definition) is 4. The first-order valence-electron chi connectivity index (χ1n) is 7.54. The van der Waals surface area contributed by atoms with Crippen molar-refractivity contribution in [3.8, 4) is 0 Å². The van der Waals surface area contributed by atoms with Gasteiger partial charge in [0.25, 0.3) is 5.22 Å². The smallest absolute Gasteiger partial charge is 0.257 e. The molecule has 2 aromatic carbocycles. The molecule has 24 heavy (non-hydrogen) atoms. The fourth-order valence-electron chi connectivity index (χ4n) is 2.32. The summed E-state index contributed by atoms with van der Waals surface area (Å²) in [4.78, 5) is 18.4. The van der Waals surface area contributed by atoms with Gasteiger partial charge in [-0.3, -0.25) is 4.79 Å². The highest BCUT2D eigenvalue weighted by molar-refractivity contribution is 7.99. The molecule has 3 rings (SSSR count). The maximum Gasteiger partial charge on any atom is 0.257 e. The summed E-state index contributed by atoms with van der Waals surface area (Å²) in [5.41, 5.74) is 2.38. The number of nitrogens with zero attached hydrogens (tertiary/aromatic N) is 2. The Hall–Kier alpha value is -2.34. The molecule has 0 unspecified atom stereocenters. The van der Waals surface area contributed by atoms with Crippen LogP contribution < -0.4 is 0 Å². The van der Waals surface area contributed by atoms with E-state index in [2.05, 4.69) is 4.98 Å². The van der Waals surface area contributed by atoms with E-state index >= 15 is 0 Å². The van der Waals surface area contributed by atoms with Gasteiger partial charge in [-0.1, -0.05) is 36.0 Å². The van der Waals surface area contributed by atoms with Crippen LogP contribution in [0.4, 0.5) is 4.39 Å². The van der Waals surface area contributed by atoms with Crippen LogP contribution in [0.25, 0.3) is 11.1 Å². The standard InChI is InChI=1S/C18H17FN2O2S/c1-12(13-7-9-14(19)10-8-13)21(2)17(22)11-24-18-20-15-5-3-4-6-16(15)23-18/h3-10,12H,11H2,1-2H3/t12-/m1/s1. The Labute approximate surface area is 143 Å². The lowest BCUT2D eigenvalue weighted by molar-refractivity contribution is -0.128. The third-order valence-corrected chi connectivity index (χ3v) is 4.73. The summed E-state index contributed by atoms with van der Waals surface area (Å²) < 4.78 is 18.6. The number of benzene rings is 2. The van der Waals surface area contributed by atoms with Crippen molar-refractivity contribution in [3.05, 3.63) is 59.9 Å². The van der Waals surface area contributed by atoms with Crippen LogP contribution in [-0.4, -0.2) is 28.6 Å². The van der Waals surface area contributed by atoms with Gasteiger partial charge in [-0.2, -0.15) is 0 Å². The minimum atomic E-state index is -0.286. The third kappa shape index (κ3) is 3.59. The van der Waals surface area contributed by atoms with Crippen molar-refractivity contribution >= 4 is 28.8 Å². The van der Waals surface area contributed by atoms with Gasteiger partial charge in [0.2, 0.25) is 5.91 Å². The average molecular weight is 344 g/mol. The Morgan fingerprint density at radius 1 is 1.25 bits per heavy atom. The molecule has 0 aliphatic carbocycles. The van der Waals surface area contributed by atoms with E-state index in [0.717, 1.165) is 11.1 Å². The van der Waals surface area contributed by atoms with Gasteiger partial charge in [0, 0.05) is 7.05 Å². The predicted octanol–water partition coefficient (Wildman–Crippen LogP) is 4.28. The quantitative estimate of drug-likeness (QED) is 0.648. The molecule has 0 aliphatic heterocycles. The Kier molecular flexibility index (Phi) is 4.85. The Morgan fingerprint density at radius 3 is 2.67 bits per heavy atom. The molecule has 1 aromatic heterocycles. The fraction of sp³-hybridized carbons (Fsp3) is 0.222. The highest BCUT2D eigenvalue weighted by Gasteiger charge is 2.18. The molecule has 1 amide bonds. The van der Waals surface area contributed by atoms with Gasteiger partial charge in [-0.25, -0.2) is 9.37 Å².